The number of hydrogen-bond donors (Lipinski definition) is 6. The lowest BCUT2D eigenvalue weighted by Crippen LogP contribution is -2.58. The van der Waals surface area contributed by atoms with Gasteiger partial charge in [-0.15, -0.1) is 4.52 Å². The summed E-state index contributed by atoms with van der Waals surface area (Å²) in [7, 11) is -4.70. The van der Waals surface area contributed by atoms with E-state index < -0.39 is 38.9 Å². The molecule has 1 saturated heterocycles. The predicted octanol–water partition coefficient (Wildman–Crippen LogP) is -2.22. The minimum absolute atomic E-state index is 0.380. The number of aliphatic hydroxyl groups is 3. The van der Waals surface area contributed by atoms with Crippen LogP contribution < -0.4 is 0 Å². The van der Waals surface area contributed by atoms with Crippen LogP contribution in [0.25, 0.3) is 10.4 Å². The van der Waals surface area contributed by atoms with Gasteiger partial charge >= 0.3 is 8.17 Å². The molecule has 0 saturated carbocycles. The van der Waals surface area contributed by atoms with Gasteiger partial charge in [0.1, 0.15) is 18.3 Å². The molecule has 0 aliphatic carbocycles. The summed E-state index contributed by atoms with van der Waals surface area (Å²) < 4.78 is 9.08. The molecule has 0 bridgehead atoms. The van der Waals surface area contributed by atoms with Crippen molar-refractivity contribution in [3.05, 3.63) is 10.4 Å². The third-order valence-corrected chi connectivity index (χ3v) is 2.73. The van der Waals surface area contributed by atoms with Crippen molar-refractivity contribution < 1.29 is 39.3 Å². The molecule has 0 spiro atoms. The van der Waals surface area contributed by atoms with Crippen LogP contribution in [-0.4, -0.2) is 67.3 Å². The first kappa shape index (κ1) is 15.5. The average Bonchev–Trinajstić information content (AvgIpc) is 2.27. The zero-order chi connectivity index (χ0) is 13.9. The van der Waals surface area contributed by atoms with Crippen molar-refractivity contribution in [2.75, 3.05) is 6.54 Å². The van der Waals surface area contributed by atoms with E-state index in [1.165, 1.54) is 0 Å². The van der Waals surface area contributed by atoms with E-state index in [4.69, 9.17) is 24.9 Å². The quantitative estimate of drug-likeness (QED) is 0.145. The molecule has 1 aliphatic heterocycles. The maximum absolute atomic E-state index is 9.50. The van der Waals surface area contributed by atoms with Crippen LogP contribution in [0.3, 0.4) is 0 Å². The first-order chi connectivity index (χ1) is 8.26. The van der Waals surface area contributed by atoms with Crippen LogP contribution in [0.2, 0.25) is 0 Å². The monoisotopic (exact) mass is 286 g/mol. The second kappa shape index (κ2) is 6.04. The Balaban J connectivity index is 2.76. The Morgan fingerprint density at radius 1 is 1.17 bits per heavy atom. The SMILES string of the molecule is [N-]=[N+]=NCC1O[C@H](O[P+](O)(O)O)C(O)C(O)[C@H]1O. The Bertz CT molecular complexity index is 331. The standard InChI is InChI=1S/C6H13N3O8P/c7-9-8-1-2-3(10)4(11)5(12)6(16-2)17-18(13,14)15/h2-6,10-15H,1H2/q+1/t2?,3-,4?,5?,6+/m0/s1. The lowest BCUT2D eigenvalue weighted by Gasteiger charge is -2.38. The summed E-state index contributed by atoms with van der Waals surface area (Å²) in [6.45, 7) is -0.380. The molecule has 18 heavy (non-hydrogen) atoms. The largest absolute Gasteiger partial charge is 0.570 e. The Labute approximate surface area is 101 Å². The van der Waals surface area contributed by atoms with E-state index in [0.29, 0.717) is 0 Å². The minimum atomic E-state index is -4.70. The predicted molar refractivity (Wildman–Crippen MR) is 55.4 cm³/mol. The summed E-state index contributed by atoms with van der Waals surface area (Å²) in [5.41, 5.74) is 8.12. The zero-order valence-electron chi connectivity index (χ0n) is 8.88. The van der Waals surface area contributed by atoms with Crippen molar-refractivity contribution in [2.45, 2.75) is 30.7 Å². The van der Waals surface area contributed by atoms with Gasteiger partial charge in [-0.2, -0.15) is 14.7 Å². The van der Waals surface area contributed by atoms with Crippen molar-refractivity contribution in [1.82, 2.24) is 0 Å². The van der Waals surface area contributed by atoms with Gasteiger partial charge < -0.3 is 20.1 Å². The number of aliphatic hydroxyl groups excluding tert-OH is 3. The van der Waals surface area contributed by atoms with E-state index in [1.54, 1.807) is 0 Å². The summed E-state index contributed by atoms with van der Waals surface area (Å²) >= 11 is 0. The summed E-state index contributed by atoms with van der Waals surface area (Å²) in [4.78, 5) is 28.5. The zero-order valence-corrected chi connectivity index (χ0v) is 9.78. The fourth-order valence-corrected chi connectivity index (χ4v) is 1.86. The molecule has 0 aromatic rings. The molecule has 12 heteroatoms. The molecule has 5 atom stereocenters. The third kappa shape index (κ3) is 3.97. The Kier molecular flexibility index (Phi) is 5.20. The molecule has 1 heterocycles. The smallest absolute Gasteiger partial charge is 0.388 e. The number of azide groups is 1. The highest BCUT2D eigenvalue weighted by Crippen LogP contribution is 2.48. The maximum atomic E-state index is 9.50. The Morgan fingerprint density at radius 3 is 2.28 bits per heavy atom. The molecule has 11 nitrogen and oxygen atoms in total. The highest BCUT2D eigenvalue weighted by molar-refractivity contribution is 7.53. The van der Waals surface area contributed by atoms with Crippen molar-refractivity contribution >= 4 is 8.17 Å². The second-order valence-electron chi connectivity index (χ2n) is 3.55. The van der Waals surface area contributed by atoms with Crippen molar-refractivity contribution in [1.29, 1.82) is 0 Å². The highest BCUT2D eigenvalue weighted by Gasteiger charge is 2.50. The normalized spacial score (nSPS) is 37.1. The highest BCUT2D eigenvalue weighted by atomic mass is 31.2. The van der Waals surface area contributed by atoms with Crippen molar-refractivity contribution in [3.63, 3.8) is 0 Å². The van der Waals surface area contributed by atoms with E-state index in [-0.39, 0.29) is 6.54 Å². The Morgan fingerprint density at radius 2 is 1.78 bits per heavy atom. The fraction of sp³-hybridized carbons (Fsp3) is 1.00. The molecule has 0 aromatic heterocycles. The van der Waals surface area contributed by atoms with Crippen LogP contribution >= 0.6 is 8.17 Å². The van der Waals surface area contributed by atoms with Crippen molar-refractivity contribution in [3.8, 4) is 0 Å². The molecule has 6 N–H and O–H groups in total. The first-order valence-electron chi connectivity index (χ1n) is 4.72. The molecule has 1 rings (SSSR count). The topological polar surface area (TPSA) is 189 Å². The van der Waals surface area contributed by atoms with Crippen molar-refractivity contribution in [2.24, 2.45) is 5.11 Å². The molecular formula is C6H13N3O8P+. The van der Waals surface area contributed by atoms with Crippen LogP contribution in [0.1, 0.15) is 0 Å². The molecule has 0 aromatic carbocycles. The van der Waals surface area contributed by atoms with Gasteiger partial charge in [0, 0.05) is 4.91 Å². The number of rotatable bonds is 4. The van der Waals surface area contributed by atoms with Gasteiger partial charge in [0.15, 0.2) is 0 Å². The van der Waals surface area contributed by atoms with Gasteiger partial charge in [-0.3, -0.25) is 0 Å². The van der Waals surface area contributed by atoms with E-state index in [0.717, 1.165) is 0 Å². The number of nitrogens with zero attached hydrogens (tertiary/aromatic N) is 3. The van der Waals surface area contributed by atoms with Gasteiger partial charge in [0.05, 0.1) is 12.6 Å². The fourth-order valence-electron chi connectivity index (χ4n) is 1.41. The Hall–Kier alpha value is -0.580. The molecule has 1 aliphatic rings. The maximum Gasteiger partial charge on any atom is 0.570 e. The summed E-state index contributed by atoms with van der Waals surface area (Å²) in [6, 6.07) is 0. The number of ether oxygens (including phenoxy) is 1. The van der Waals surface area contributed by atoms with Gasteiger partial charge in [-0.1, -0.05) is 5.11 Å². The lowest BCUT2D eigenvalue weighted by atomic mass is 9.99. The van der Waals surface area contributed by atoms with Gasteiger partial charge in [0.2, 0.25) is 6.29 Å². The molecule has 0 radical (unpaired) electrons. The van der Waals surface area contributed by atoms with Crippen LogP contribution in [-0.2, 0) is 9.26 Å². The molecule has 1 fully saturated rings. The van der Waals surface area contributed by atoms with Gasteiger partial charge in [-0.05, 0) is 5.53 Å². The van der Waals surface area contributed by atoms with Gasteiger partial charge in [-0.25, -0.2) is 0 Å². The van der Waals surface area contributed by atoms with E-state index in [1.807, 2.05) is 0 Å². The third-order valence-electron chi connectivity index (χ3n) is 2.24. The van der Waals surface area contributed by atoms with Crippen LogP contribution in [0.5, 0.6) is 0 Å². The van der Waals surface area contributed by atoms with Crippen LogP contribution in [0.4, 0.5) is 0 Å². The minimum Gasteiger partial charge on any atom is -0.388 e. The first-order valence-corrected chi connectivity index (χ1v) is 6.29. The van der Waals surface area contributed by atoms with Gasteiger partial charge in [0.25, 0.3) is 0 Å². The van der Waals surface area contributed by atoms with Crippen LogP contribution in [0, 0.1) is 0 Å². The molecule has 3 unspecified atom stereocenters. The summed E-state index contributed by atoms with van der Waals surface area (Å²) in [6.07, 6.45) is -8.11. The van der Waals surface area contributed by atoms with E-state index >= 15 is 0 Å². The van der Waals surface area contributed by atoms with Crippen LogP contribution in [0.15, 0.2) is 5.11 Å². The molecular weight excluding hydrogens is 273 g/mol. The second-order valence-corrected chi connectivity index (χ2v) is 4.78. The summed E-state index contributed by atoms with van der Waals surface area (Å²) in [5.74, 6) is 0. The lowest BCUT2D eigenvalue weighted by molar-refractivity contribution is -0.274. The molecule has 0 amide bonds. The molecule has 104 valence electrons. The average molecular weight is 286 g/mol. The van der Waals surface area contributed by atoms with E-state index in [2.05, 4.69) is 14.5 Å². The van der Waals surface area contributed by atoms with E-state index in [9.17, 15) is 15.3 Å². The number of hydrogen-bond acceptors (Lipinski definition) is 9. The summed E-state index contributed by atoms with van der Waals surface area (Å²) in [5, 5.41) is 31.5.